The van der Waals surface area contributed by atoms with E-state index in [4.69, 9.17) is 9.84 Å². The number of carbonyl (C=O) groups excluding carboxylic acids is 1. The minimum Gasteiger partial charge on any atom is -0.497 e. The zero-order chi connectivity index (χ0) is 15.3. The summed E-state index contributed by atoms with van der Waals surface area (Å²) in [7, 11) is 1.37. The van der Waals surface area contributed by atoms with Gasteiger partial charge in [-0.25, -0.2) is 4.79 Å². The number of methoxy groups -OCH3 is 1. The molecule has 1 aromatic carbocycles. The van der Waals surface area contributed by atoms with E-state index in [9.17, 15) is 19.8 Å². The maximum Gasteiger partial charge on any atom is 0.335 e. The molecule has 2 atom stereocenters. The zero-order valence-electron chi connectivity index (χ0n) is 11.2. The van der Waals surface area contributed by atoms with Crippen molar-refractivity contribution in [3.8, 4) is 5.75 Å². The number of carbonyl (C=O) groups is 2. The molecule has 0 saturated heterocycles. The molecule has 110 valence electrons. The van der Waals surface area contributed by atoms with Crippen LogP contribution in [0.4, 0.5) is 0 Å². The summed E-state index contributed by atoms with van der Waals surface area (Å²) in [6, 6.07) is 3.97. The predicted octanol–water partition coefficient (Wildman–Crippen LogP) is -0.0762. The fourth-order valence-corrected chi connectivity index (χ4v) is 1.62. The van der Waals surface area contributed by atoms with E-state index in [1.54, 1.807) is 0 Å². The Morgan fingerprint density at radius 2 is 1.95 bits per heavy atom. The molecule has 0 spiro atoms. The molecule has 4 N–H and O–H groups in total. The standard InChI is InChI=1S/C13H17NO6/c1-7(15)14-6-11(16)12(17)8-3-9(13(18)19)5-10(4-8)20-2/h3-5,11-12,16-17H,6H2,1-2H3,(H,14,15)(H,18,19). The largest absolute Gasteiger partial charge is 0.497 e. The summed E-state index contributed by atoms with van der Waals surface area (Å²) in [4.78, 5) is 21.7. The van der Waals surface area contributed by atoms with E-state index in [1.807, 2.05) is 0 Å². The van der Waals surface area contributed by atoms with Crippen LogP contribution in [0, 0.1) is 0 Å². The van der Waals surface area contributed by atoms with Gasteiger partial charge in [-0.1, -0.05) is 0 Å². The number of ether oxygens (including phenoxy) is 1. The van der Waals surface area contributed by atoms with Gasteiger partial charge in [0.1, 0.15) is 18.0 Å². The molecular weight excluding hydrogens is 266 g/mol. The molecule has 0 aliphatic carbocycles. The smallest absolute Gasteiger partial charge is 0.335 e. The van der Waals surface area contributed by atoms with Gasteiger partial charge in [-0.05, 0) is 23.8 Å². The van der Waals surface area contributed by atoms with Gasteiger partial charge in [-0.2, -0.15) is 0 Å². The Kier molecular flexibility index (Phi) is 5.48. The van der Waals surface area contributed by atoms with Crippen LogP contribution in [-0.2, 0) is 4.79 Å². The summed E-state index contributed by atoms with van der Waals surface area (Å²) in [5, 5.41) is 31.1. The molecule has 2 unspecified atom stereocenters. The molecular formula is C13H17NO6. The Morgan fingerprint density at radius 1 is 1.30 bits per heavy atom. The number of rotatable bonds is 6. The molecule has 0 radical (unpaired) electrons. The fourth-order valence-electron chi connectivity index (χ4n) is 1.62. The average Bonchev–Trinajstić information content (AvgIpc) is 2.43. The summed E-state index contributed by atoms with van der Waals surface area (Å²) in [6.07, 6.45) is -2.59. The monoisotopic (exact) mass is 283 g/mol. The Morgan fingerprint density at radius 3 is 2.45 bits per heavy atom. The van der Waals surface area contributed by atoms with Crippen LogP contribution in [0.15, 0.2) is 18.2 Å². The lowest BCUT2D eigenvalue weighted by Gasteiger charge is -2.19. The molecule has 0 aliphatic heterocycles. The van der Waals surface area contributed by atoms with E-state index >= 15 is 0 Å². The highest BCUT2D eigenvalue weighted by molar-refractivity contribution is 5.88. The normalized spacial score (nSPS) is 13.4. The Labute approximate surface area is 115 Å². The lowest BCUT2D eigenvalue weighted by atomic mass is 10.0. The van der Waals surface area contributed by atoms with Gasteiger partial charge in [0.2, 0.25) is 5.91 Å². The van der Waals surface area contributed by atoms with Crippen molar-refractivity contribution in [3.05, 3.63) is 29.3 Å². The third-order valence-electron chi connectivity index (χ3n) is 2.68. The fraction of sp³-hybridized carbons (Fsp3) is 0.385. The van der Waals surface area contributed by atoms with Crippen LogP contribution in [0.1, 0.15) is 28.9 Å². The molecule has 0 aromatic heterocycles. The number of benzene rings is 1. The first kappa shape index (κ1) is 15.9. The van der Waals surface area contributed by atoms with Crippen molar-refractivity contribution in [2.75, 3.05) is 13.7 Å². The minimum atomic E-state index is -1.34. The molecule has 0 bridgehead atoms. The molecule has 7 nitrogen and oxygen atoms in total. The zero-order valence-corrected chi connectivity index (χ0v) is 11.2. The minimum absolute atomic E-state index is 0.0647. The second-order valence-corrected chi connectivity index (χ2v) is 4.25. The van der Waals surface area contributed by atoms with Crippen molar-refractivity contribution in [2.45, 2.75) is 19.1 Å². The molecule has 0 fully saturated rings. The van der Waals surface area contributed by atoms with Gasteiger partial charge < -0.3 is 25.4 Å². The number of aliphatic hydroxyl groups excluding tert-OH is 2. The van der Waals surface area contributed by atoms with Crippen LogP contribution in [0.5, 0.6) is 5.75 Å². The molecule has 1 aromatic rings. The molecule has 0 aliphatic rings. The van der Waals surface area contributed by atoms with E-state index in [-0.39, 0.29) is 29.3 Å². The van der Waals surface area contributed by atoms with E-state index in [2.05, 4.69) is 5.32 Å². The van der Waals surface area contributed by atoms with Crippen molar-refractivity contribution >= 4 is 11.9 Å². The highest BCUT2D eigenvalue weighted by atomic mass is 16.5. The Balaban J connectivity index is 2.96. The van der Waals surface area contributed by atoms with Crippen LogP contribution in [0.2, 0.25) is 0 Å². The second kappa shape index (κ2) is 6.88. The molecule has 7 heteroatoms. The lowest BCUT2D eigenvalue weighted by molar-refractivity contribution is -0.119. The van der Waals surface area contributed by atoms with E-state index in [1.165, 1.54) is 32.2 Å². The highest BCUT2D eigenvalue weighted by Crippen LogP contribution is 2.24. The number of hydrogen-bond acceptors (Lipinski definition) is 5. The molecule has 0 heterocycles. The topological polar surface area (TPSA) is 116 Å². The summed E-state index contributed by atoms with van der Waals surface area (Å²) in [6.45, 7) is 1.14. The van der Waals surface area contributed by atoms with Crippen molar-refractivity contribution in [1.29, 1.82) is 0 Å². The molecule has 20 heavy (non-hydrogen) atoms. The van der Waals surface area contributed by atoms with Crippen molar-refractivity contribution in [2.24, 2.45) is 0 Å². The van der Waals surface area contributed by atoms with Crippen LogP contribution in [0.25, 0.3) is 0 Å². The third-order valence-corrected chi connectivity index (χ3v) is 2.68. The number of carboxylic acid groups (broad SMARTS) is 1. The highest BCUT2D eigenvalue weighted by Gasteiger charge is 2.21. The first-order chi connectivity index (χ1) is 9.35. The van der Waals surface area contributed by atoms with Crippen molar-refractivity contribution in [1.82, 2.24) is 5.32 Å². The number of carboxylic acids is 1. The van der Waals surface area contributed by atoms with E-state index < -0.39 is 18.2 Å². The lowest BCUT2D eigenvalue weighted by Crippen LogP contribution is -2.34. The average molecular weight is 283 g/mol. The van der Waals surface area contributed by atoms with E-state index in [0.29, 0.717) is 0 Å². The first-order valence-corrected chi connectivity index (χ1v) is 5.88. The van der Waals surface area contributed by atoms with Crippen LogP contribution >= 0.6 is 0 Å². The van der Waals surface area contributed by atoms with Gasteiger partial charge in [0.25, 0.3) is 0 Å². The Hall–Kier alpha value is -2.12. The van der Waals surface area contributed by atoms with Gasteiger partial charge in [0, 0.05) is 13.5 Å². The van der Waals surface area contributed by atoms with Crippen LogP contribution in [0.3, 0.4) is 0 Å². The SMILES string of the molecule is COc1cc(C(=O)O)cc(C(O)C(O)CNC(C)=O)c1. The van der Waals surface area contributed by atoms with Gasteiger partial charge in [-0.15, -0.1) is 0 Å². The van der Waals surface area contributed by atoms with Gasteiger partial charge in [0.05, 0.1) is 12.7 Å². The predicted molar refractivity (Wildman–Crippen MR) is 69.6 cm³/mol. The van der Waals surface area contributed by atoms with Crippen molar-refractivity contribution in [3.63, 3.8) is 0 Å². The number of aliphatic hydroxyl groups is 2. The van der Waals surface area contributed by atoms with Gasteiger partial charge >= 0.3 is 5.97 Å². The summed E-state index contributed by atoms with van der Waals surface area (Å²) < 4.78 is 4.95. The summed E-state index contributed by atoms with van der Waals surface area (Å²) >= 11 is 0. The summed E-state index contributed by atoms with van der Waals surface area (Å²) in [5.74, 6) is -1.26. The molecule has 1 amide bonds. The maximum atomic E-state index is 11.0. The number of nitrogens with one attached hydrogen (secondary N) is 1. The van der Waals surface area contributed by atoms with Gasteiger partial charge in [0.15, 0.2) is 0 Å². The maximum absolute atomic E-state index is 11.0. The van der Waals surface area contributed by atoms with Gasteiger partial charge in [-0.3, -0.25) is 4.79 Å². The first-order valence-electron chi connectivity index (χ1n) is 5.88. The molecule has 1 rings (SSSR count). The van der Waals surface area contributed by atoms with Crippen molar-refractivity contribution < 1.29 is 29.6 Å². The second-order valence-electron chi connectivity index (χ2n) is 4.25. The number of hydrogen-bond donors (Lipinski definition) is 4. The molecule has 0 saturated carbocycles. The quantitative estimate of drug-likeness (QED) is 0.580. The Bertz CT molecular complexity index is 502. The number of amides is 1. The summed E-state index contributed by atoms with van der Waals surface area (Å²) in [5.41, 5.74) is 0.129. The van der Waals surface area contributed by atoms with E-state index in [0.717, 1.165) is 0 Å². The van der Waals surface area contributed by atoms with Crippen LogP contribution < -0.4 is 10.1 Å². The third kappa shape index (κ3) is 4.22. The number of aromatic carboxylic acids is 1. The van der Waals surface area contributed by atoms with Crippen LogP contribution in [-0.4, -0.2) is 47.0 Å².